The number of hydrogen-bond donors (Lipinski definition) is 1. The predicted octanol–water partition coefficient (Wildman–Crippen LogP) is 7.32. The van der Waals surface area contributed by atoms with Gasteiger partial charge in [0, 0.05) is 37.2 Å². The summed E-state index contributed by atoms with van der Waals surface area (Å²) in [5, 5.41) is 5.43. The third-order valence-electron chi connectivity index (χ3n) is 4.28. The maximum absolute atomic E-state index is 6.24. The van der Waals surface area contributed by atoms with Gasteiger partial charge in [-0.15, -0.1) is 0 Å². The highest BCUT2D eigenvalue weighted by Gasteiger charge is 2.09. The first-order chi connectivity index (χ1) is 13.5. The molecule has 0 radical (unpaired) electrons. The van der Waals surface area contributed by atoms with Gasteiger partial charge >= 0.3 is 0 Å². The molecule has 1 N–H and O–H groups in total. The van der Waals surface area contributed by atoms with Gasteiger partial charge in [0.1, 0.15) is 12.4 Å². The minimum atomic E-state index is 0.317. The summed E-state index contributed by atoms with van der Waals surface area (Å²) in [6, 6.07) is 19.3. The Bertz CT molecular complexity index is 911. The highest BCUT2D eigenvalue weighted by atomic mass is 79.9. The van der Waals surface area contributed by atoms with E-state index in [-0.39, 0.29) is 0 Å². The summed E-state index contributed by atoms with van der Waals surface area (Å²) in [4.78, 5) is 0. The van der Waals surface area contributed by atoms with Crippen molar-refractivity contribution in [3.8, 4) is 5.75 Å². The lowest BCUT2D eigenvalue weighted by atomic mass is 10.1. The van der Waals surface area contributed by atoms with Crippen LogP contribution in [0.25, 0.3) is 0 Å². The minimum absolute atomic E-state index is 0.317. The lowest BCUT2D eigenvalue weighted by molar-refractivity contribution is 0.302. The van der Waals surface area contributed by atoms with Crippen LogP contribution in [0.2, 0.25) is 15.1 Å². The zero-order valence-electron chi connectivity index (χ0n) is 15.0. The average Bonchev–Trinajstić information content (AvgIpc) is 2.67. The summed E-state index contributed by atoms with van der Waals surface area (Å²) in [6.07, 6.45) is 0.927. The third-order valence-corrected chi connectivity index (χ3v) is 5.73. The van der Waals surface area contributed by atoms with Crippen LogP contribution in [0.4, 0.5) is 0 Å². The molecule has 146 valence electrons. The molecule has 0 heterocycles. The van der Waals surface area contributed by atoms with Gasteiger partial charge in [-0.3, -0.25) is 0 Å². The van der Waals surface area contributed by atoms with Crippen molar-refractivity contribution in [2.75, 3.05) is 6.54 Å². The van der Waals surface area contributed by atoms with Gasteiger partial charge in [0.2, 0.25) is 0 Å². The number of ether oxygens (including phenoxy) is 1. The number of nitrogens with one attached hydrogen (secondary N) is 1. The molecule has 0 amide bonds. The van der Waals surface area contributed by atoms with Crippen LogP contribution < -0.4 is 10.1 Å². The monoisotopic (exact) mass is 497 g/mol. The van der Waals surface area contributed by atoms with E-state index in [1.807, 2.05) is 54.6 Å². The number of hydrogen-bond acceptors (Lipinski definition) is 2. The summed E-state index contributed by atoms with van der Waals surface area (Å²) >= 11 is 21.9. The van der Waals surface area contributed by atoms with Crippen molar-refractivity contribution in [2.45, 2.75) is 19.6 Å². The molecule has 0 unspecified atom stereocenters. The van der Waals surface area contributed by atoms with Crippen molar-refractivity contribution < 1.29 is 4.74 Å². The fourth-order valence-corrected chi connectivity index (χ4v) is 3.80. The van der Waals surface area contributed by atoms with Crippen LogP contribution in [0.15, 0.2) is 65.1 Å². The molecule has 3 aromatic carbocycles. The van der Waals surface area contributed by atoms with Crippen molar-refractivity contribution in [1.29, 1.82) is 0 Å². The molecule has 6 heteroatoms. The van der Waals surface area contributed by atoms with Crippen LogP contribution in [-0.4, -0.2) is 6.54 Å². The molecule has 3 aromatic rings. The first-order valence-electron chi connectivity index (χ1n) is 8.82. The standard InChI is InChI=1S/C22H19BrCl3NO/c23-17-6-9-22(28-14-19-20(25)2-1-3-21(19)26)16(12-17)13-27-11-10-15-4-7-18(24)8-5-15/h1-9,12,27H,10-11,13-14H2. The second-order valence-electron chi connectivity index (χ2n) is 6.29. The molecule has 0 fully saturated rings. The molecule has 0 aliphatic heterocycles. The highest BCUT2D eigenvalue weighted by molar-refractivity contribution is 9.10. The Morgan fingerprint density at radius 3 is 2.32 bits per heavy atom. The molecule has 3 rings (SSSR count). The Morgan fingerprint density at radius 2 is 1.61 bits per heavy atom. The number of halogens is 4. The first-order valence-corrected chi connectivity index (χ1v) is 10.7. The highest BCUT2D eigenvalue weighted by Crippen LogP contribution is 2.28. The Kier molecular flexibility index (Phi) is 8.07. The van der Waals surface area contributed by atoms with Crippen LogP contribution in [0.3, 0.4) is 0 Å². The molecule has 0 spiro atoms. The normalized spacial score (nSPS) is 10.9. The van der Waals surface area contributed by atoms with Crippen LogP contribution in [0.1, 0.15) is 16.7 Å². The van der Waals surface area contributed by atoms with Crippen LogP contribution in [-0.2, 0) is 19.6 Å². The zero-order chi connectivity index (χ0) is 19.9. The largest absolute Gasteiger partial charge is 0.488 e. The van der Waals surface area contributed by atoms with E-state index < -0.39 is 0 Å². The Balaban J connectivity index is 1.59. The fraction of sp³-hybridized carbons (Fsp3) is 0.182. The Morgan fingerprint density at radius 1 is 0.893 bits per heavy atom. The molecule has 0 saturated carbocycles. The van der Waals surface area contributed by atoms with Gasteiger partial charge in [-0.05, 0) is 61.0 Å². The summed E-state index contributed by atoms with van der Waals surface area (Å²) in [5.41, 5.74) is 3.10. The number of rotatable bonds is 8. The summed E-state index contributed by atoms with van der Waals surface area (Å²) in [6.45, 7) is 1.86. The second kappa shape index (κ2) is 10.5. The van der Waals surface area contributed by atoms with Gasteiger partial charge in [0.25, 0.3) is 0 Å². The van der Waals surface area contributed by atoms with Crippen LogP contribution in [0.5, 0.6) is 5.75 Å². The quantitative estimate of drug-likeness (QED) is 0.328. The third kappa shape index (κ3) is 6.13. The molecule has 28 heavy (non-hydrogen) atoms. The van der Waals surface area contributed by atoms with Crippen molar-refractivity contribution in [3.05, 3.63) is 96.9 Å². The van der Waals surface area contributed by atoms with E-state index >= 15 is 0 Å². The van der Waals surface area contributed by atoms with Gasteiger partial charge in [-0.25, -0.2) is 0 Å². The molecule has 0 aliphatic rings. The van der Waals surface area contributed by atoms with Crippen molar-refractivity contribution in [2.24, 2.45) is 0 Å². The second-order valence-corrected chi connectivity index (χ2v) is 8.46. The Labute approximate surface area is 188 Å². The van der Waals surface area contributed by atoms with E-state index in [1.165, 1.54) is 5.56 Å². The molecule has 0 aliphatic carbocycles. The Hall–Kier alpha value is -1.23. The molecular formula is C22H19BrCl3NO. The van der Waals surface area contributed by atoms with E-state index in [2.05, 4.69) is 27.3 Å². The zero-order valence-corrected chi connectivity index (χ0v) is 18.9. The smallest absolute Gasteiger partial charge is 0.124 e. The van der Waals surface area contributed by atoms with E-state index in [4.69, 9.17) is 39.5 Å². The van der Waals surface area contributed by atoms with Gasteiger partial charge in [-0.2, -0.15) is 0 Å². The molecule has 0 bridgehead atoms. The molecule has 0 saturated heterocycles. The lowest BCUT2D eigenvalue weighted by Crippen LogP contribution is -2.17. The summed E-state index contributed by atoms with van der Waals surface area (Å²) in [7, 11) is 0. The van der Waals surface area contributed by atoms with Gasteiger partial charge in [0.05, 0.1) is 0 Å². The van der Waals surface area contributed by atoms with Gasteiger partial charge < -0.3 is 10.1 Å². The average molecular weight is 500 g/mol. The van der Waals surface area contributed by atoms with E-state index in [0.717, 1.165) is 39.3 Å². The topological polar surface area (TPSA) is 21.3 Å². The van der Waals surface area contributed by atoms with Gasteiger partial charge in [0.15, 0.2) is 0 Å². The number of benzene rings is 3. The SMILES string of the molecule is Clc1ccc(CCNCc2cc(Br)ccc2OCc2c(Cl)cccc2Cl)cc1. The first kappa shape index (κ1) is 21.5. The predicted molar refractivity (Wildman–Crippen MR) is 122 cm³/mol. The molecule has 2 nitrogen and oxygen atoms in total. The summed E-state index contributed by atoms with van der Waals surface area (Å²) < 4.78 is 7.03. The van der Waals surface area contributed by atoms with Crippen molar-refractivity contribution in [1.82, 2.24) is 5.32 Å². The molecule has 0 aromatic heterocycles. The van der Waals surface area contributed by atoms with Crippen molar-refractivity contribution in [3.63, 3.8) is 0 Å². The maximum atomic E-state index is 6.24. The van der Waals surface area contributed by atoms with Crippen molar-refractivity contribution >= 4 is 50.7 Å². The maximum Gasteiger partial charge on any atom is 0.124 e. The lowest BCUT2D eigenvalue weighted by Gasteiger charge is -2.14. The van der Waals surface area contributed by atoms with Gasteiger partial charge in [-0.1, -0.05) is 68.9 Å². The summed E-state index contributed by atoms with van der Waals surface area (Å²) in [5.74, 6) is 0.804. The fourth-order valence-electron chi connectivity index (χ4n) is 2.75. The van der Waals surface area contributed by atoms with E-state index in [1.54, 1.807) is 0 Å². The molecular weight excluding hydrogens is 481 g/mol. The van der Waals surface area contributed by atoms with E-state index in [0.29, 0.717) is 23.2 Å². The van der Waals surface area contributed by atoms with Crippen LogP contribution in [0, 0.1) is 0 Å². The van der Waals surface area contributed by atoms with E-state index in [9.17, 15) is 0 Å². The molecule has 0 atom stereocenters. The van der Waals surface area contributed by atoms with Crippen LogP contribution >= 0.6 is 50.7 Å². The minimum Gasteiger partial charge on any atom is -0.488 e.